The number of ether oxygens (including phenoxy) is 1. The zero-order valence-electron chi connectivity index (χ0n) is 12.7. The molecule has 0 bridgehead atoms. The number of para-hydroxylation sites is 2. The van der Waals surface area contributed by atoms with Gasteiger partial charge in [0.25, 0.3) is 0 Å². The number of nitrogens with zero attached hydrogens (tertiary/aromatic N) is 1. The first-order chi connectivity index (χ1) is 10.2. The number of nitrogens with one attached hydrogen (secondary N) is 1. The topological polar surface area (TPSA) is 67.6 Å². The average Bonchev–Trinajstić information content (AvgIpc) is 2.69. The van der Waals surface area contributed by atoms with Gasteiger partial charge in [0.05, 0.1) is 18.3 Å². The first kappa shape index (κ1) is 15.6. The van der Waals surface area contributed by atoms with Gasteiger partial charge in [0.1, 0.15) is 5.75 Å². The fourth-order valence-corrected chi connectivity index (χ4v) is 2.58. The summed E-state index contributed by atoms with van der Waals surface area (Å²) in [7, 11) is 0. The minimum absolute atomic E-state index is 0.263. The average molecular weight is 291 g/mol. The molecular weight excluding hydrogens is 266 g/mol. The molecule has 0 spiro atoms. The van der Waals surface area contributed by atoms with E-state index in [1.54, 1.807) is 0 Å². The quantitative estimate of drug-likeness (QED) is 0.799. The molecule has 2 rings (SSSR count). The summed E-state index contributed by atoms with van der Waals surface area (Å²) in [4.78, 5) is 13.8. The van der Waals surface area contributed by atoms with E-state index in [9.17, 15) is 4.79 Å². The zero-order chi connectivity index (χ0) is 15.1. The summed E-state index contributed by atoms with van der Waals surface area (Å²) in [5.74, 6) is 0.648. The Hall–Kier alpha value is -1.75. The predicted octanol–water partition coefficient (Wildman–Crippen LogP) is 1.52. The highest BCUT2D eigenvalue weighted by molar-refractivity contribution is 5.79. The second-order valence-corrected chi connectivity index (χ2v) is 5.35. The summed E-state index contributed by atoms with van der Waals surface area (Å²) in [5.41, 5.74) is 6.58. The zero-order valence-corrected chi connectivity index (χ0v) is 12.7. The van der Waals surface area contributed by atoms with Gasteiger partial charge in [-0.3, -0.25) is 4.79 Å². The fraction of sp³-hybridized carbons (Fsp3) is 0.562. The van der Waals surface area contributed by atoms with Crippen molar-refractivity contribution in [2.45, 2.75) is 32.2 Å². The van der Waals surface area contributed by atoms with Gasteiger partial charge >= 0.3 is 0 Å². The summed E-state index contributed by atoms with van der Waals surface area (Å²) < 4.78 is 5.75. The van der Waals surface area contributed by atoms with Crippen molar-refractivity contribution in [3.63, 3.8) is 0 Å². The second-order valence-electron chi connectivity index (χ2n) is 5.35. The molecule has 3 N–H and O–H groups in total. The molecule has 1 heterocycles. The molecule has 1 amide bonds. The maximum Gasteiger partial charge on any atom is 0.234 e. The number of hydrogen-bond acceptors (Lipinski definition) is 4. The molecule has 0 fully saturated rings. The van der Waals surface area contributed by atoms with Gasteiger partial charge in [-0.1, -0.05) is 19.1 Å². The molecule has 1 aromatic carbocycles. The normalized spacial score (nSPS) is 15.8. The van der Waals surface area contributed by atoms with Gasteiger partial charge in [-0.05, 0) is 37.9 Å². The Morgan fingerprint density at radius 1 is 1.48 bits per heavy atom. The number of benzene rings is 1. The third kappa shape index (κ3) is 4.36. The van der Waals surface area contributed by atoms with Crippen LogP contribution >= 0.6 is 0 Å². The van der Waals surface area contributed by atoms with Crippen molar-refractivity contribution in [2.24, 2.45) is 5.73 Å². The van der Waals surface area contributed by atoms with Crippen molar-refractivity contribution in [1.82, 2.24) is 5.32 Å². The standard InChI is InChI=1S/C16H25N3O2/c1-2-9-18-13(16(17)20)8-11-19-10-5-12-21-15-7-4-3-6-14(15)19/h3-4,6-7,13,18H,2,5,8-12H2,1H3,(H2,17,20). The largest absolute Gasteiger partial charge is 0.491 e. The molecule has 1 aliphatic rings. The molecule has 0 aromatic heterocycles. The van der Waals surface area contributed by atoms with E-state index < -0.39 is 0 Å². The molecule has 0 saturated heterocycles. The van der Waals surface area contributed by atoms with Crippen LogP contribution in [0.2, 0.25) is 0 Å². The molecule has 0 saturated carbocycles. The van der Waals surface area contributed by atoms with Crippen LogP contribution in [0.4, 0.5) is 5.69 Å². The molecule has 1 unspecified atom stereocenters. The van der Waals surface area contributed by atoms with Crippen LogP contribution in [0.15, 0.2) is 24.3 Å². The van der Waals surface area contributed by atoms with E-state index in [2.05, 4.69) is 23.2 Å². The maximum absolute atomic E-state index is 11.5. The van der Waals surface area contributed by atoms with Crippen molar-refractivity contribution in [2.75, 3.05) is 31.1 Å². The van der Waals surface area contributed by atoms with Gasteiger partial charge in [-0.15, -0.1) is 0 Å². The first-order valence-corrected chi connectivity index (χ1v) is 7.72. The minimum Gasteiger partial charge on any atom is -0.491 e. The smallest absolute Gasteiger partial charge is 0.234 e. The summed E-state index contributed by atoms with van der Waals surface area (Å²) in [6.07, 6.45) is 2.69. The molecule has 0 aliphatic carbocycles. The lowest BCUT2D eigenvalue weighted by Gasteiger charge is -2.25. The SMILES string of the molecule is CCCNC(CCN1CCCOc2ccccc21)C(N)=O. The number of hydrogen-bond donors (Lipinski definition) is 2. The Balaban J connectivity index is 1.99. The lowest BCUT2D eigenvalue weighted by Crippen LogP contribution is -2.44. The van der Waals surface area contributed by atoms with Crippen LogP contribution in [-0.2, 0) is 4.79 Å². The van der Waals surface area contributed by atoms with Crippen LogP contribution in [0, 0.1) is 0 Å². The van der Waals surface area contributed by atoms with Gasteiger partial charge in [0.15, 0.2) is 0 Å². The van der Waals surface area contributed by atoms with Crippen molar-refractivity contribution >= 4 is 11.6 Å². The Kier molecular flexibility index (Phi) is 5.87. The van der Waals surface area contributed by atoms with E-state index in [1.807, 2.05) is 18.2 Å². The number of nitrogens with two attached hydrogens (primary N) is 1. The van der Waals surface area contributed by atoms with Crippen LogP contribution < -0.4 is 20.7 Å². The Labute approximate surface area is 126 Å². The highest BCUT2D eigenvalue weighted by Crippen LogP contribution is 2.30. The van der Waals surface area contributed by atoms with Crippen molar-refractivity contribution < 1.29 is 9.53 Å². The molecule has 5 nitrogen and oxygen atoms in total. The van der Waals surface area contributed by atoms with Crippen molar-refractivity contribution in [3.8, 4) is 5.75 Å². The first-order valence-electron chi connectivity index (χ1n) is 7.72. The fourth-order valence-electron chi connectivity index (χ4n) is 2.58. The van der Waals surface area contributed by atoms with Gasteiger partial charge in [0.2, 0.25) is 5.91 Å². The minimum atomic E-state index is -0.275. The van der Waals surface area contributed by atoms with Crippen LogP contribution in [0.25, 0.3) is 0 Å². The van der Waals surface area contributed by atoms with E-state index in [1.165, 1.54) is 0 Å². The number of fused-ring (bicyclic) bond motifs is 1. The Morgan fingerprint density at radius 3 is 3.05 bits per heavy atom. The Morgan fingerprint density at radius 2 is 2.29 bits per heavy atom. The van der Waals surface area contributed by atoms with E-state index in [4.69, 9.17) is 10.5 Å². The Bertz CT molecular complexity index is 465. The molecule has 116 valence electrons. The predicted molar refractivity (Wildman–Crippen MR) is 84.7 cm³/mol. The number of primary amides is 1. The molecule has 1 aliphatic heterocycles. The van der Waals surface area contributed by atoms with Gasteiger partial charge in [-0.25, -0.2) is 0 Å². The molecule has 21 heavy (non-hydrogen) atoms. The van der Waals surface area contributed by atoms with Crippen LogP contribution in [0.3, 0.4) is 0 Å². The summed E-state index contributed by atoms with van der Waals surface area (Å²) in [5, 5.41) is 3.22. The number of anilines is 1. The molecule has 1 atom stereocenters. The third-order valence-corrected chi connectivity index (χ3v) is 3.71. The van der Waals surface area contributed by atoms with E-state index in [0.29, 0.717) is 6.42 Å². The maximum atomic E-state index is 11.5. The number of carbonyl (C=O) groups excluding carboxylic acids is 1. The van der Waals surface area contributed by atoms with E-state index in [-0.39, 0.29) is 11.9 Å². The van der Waals surface area contributed by atoms with Crippen molar-refractivity contribution in [1.29, 1.82) is 0 Å². The second kappa shape index (κ2) is 7.88. The summed E-state index contributed by atoms with van der Waals surface area (Å²) in [6, 6.07) is 7.80. The highest BCUT2D eigenvalue weighted by Gasteiger charge is 2.19. The van der Waals surface area contributed by atoms with Crippen molar-refractivity contribution in [3.05, 3.63) is 24.3 Å². The lowest BCUT2D eigenvalue weighted by atomic mass is 10.1. The molecular formula is C16H25N3O2. The summed E-state index contributed by atoms with van der Waals surface area (Å²) >= 11 is 0. The molecule has 1 aromatic rings. The van der Waals surface area contributed by atoms with E-state index in [0.717, 1.165) is 50.5 Å². The van der Waals surface area contributed by atoms with Crippen LogP contribution in [0.5, 0.6) is 5.75 Å². The van der Waals surface area contributed by atoms with Crippen LogP contribution in [0.1, 0.15) is 26.2 Å². The number of amides is 1. The summed E-state index contributed by atoms with van der Waals surface area (Å²) in [6.45, 7) is 5.36. The van der Waals surface area contributed by atoms with Gasteiger partial charge in [0, 0.05) is 13.1 Å². The number of rotatable bonds is 7. The lowest BCUT2D eigenvalue weighted by molar-refractivity contribution is -0.120. The third-order valence-electron chi connectivity index (χ3n) is 3.71. The van der Waals surface area contributed by atoms with Crippen LogP contribution in [-0.4, -0.2) is 38.2 Å². The monoisotopic (exact) mass is 291 g/mol. The molecule has 5 heteroatoms. The van der Waals surface area contributed by atoms with E-state index >= 15 is 0 Å². The highest BCUT2D eigenvalue weighted by atomic mass is 16.5. The van der Waals surface area contributed by atoms with Gasteiger partial charge in [-0.2, -0.15) is 0 Å². The number of carbonyl (C=O) groups is 1. The van der Waals surface area contributed by atoms with Gasteiger partial charge < -0.3 is 20.7 Å². The molecule has 0 radical (unpaired) electrons.